The average molecular weight is 362 g/mol. The van der Waals surface area contributed by atoms with E-state index in [2.05, 4.69) is 19.3 Å². The van der Waals surface area contributed by atoms with E-state index >= 15 is 0 Å². The largest absolute Gasteiger partial charge is 0.469 e. The van der Waals surface area contributed by atoms with Crippen LogP contribution in [0, 0.1) is 11.3 Å². The van der Waals surface area contributed by atoms with E-state index in [9.17, 15) is 9.59 Å². The molecule has 6 heteroatoms. The zero-order valence-corrected chi connectivity index (χ0v) is 16.3. The first-order valence-corrected chi connectivity index (χ1v) is 9.09. The first kappa shape index (κ1) is 20.2. The third-order valence-electron chi connectivity index (χ3n) is 4.85. The Morgan fingerprint density at radius 2 is 2.00 bits per heavy atom. The summed E-state index contributed by atoms with van der Waals surface area (Å²) in [6.07, 6.45) is 0.900. The first-order chi connectivity index (χ1) is 12.2. The molecule has 1 heterocycles. The van der Waals surface area contributed by atoms with Gasteiger partial charge in [0.25, 0.3) is 0 Å². The highest BCUT2D eigenvalue weighted by Crippen LogP contribution is 2.28. The Morgan fingerprint density at radius 3 is 2.58 bits per heavy atom. The monoisotopic (exact) mass is 362 g/mol. The Morgan fingerprint density at radius 1 is 1.35 bits per heavy atom. The van der Waals surface area contributed by atoms with E-state index < -0.39 is 5.41 Å². The SMILES string of the molecule is COC(=O)C(C)(C)C[C@@H](NN1C(=O)OC[C@@H]1Cc1ccccc1)C(C)C. The van der Waals surface area contributed by atoms with Gasteiger partial charge in [-0.1, -0.05) is 44.2 Å². The molecule has 1 aromatic carbocycles. The molecule has 1 saturated heterocycles. The van der Waals surface area contributed by atoms with Gasteiger partial charge in [-0.25, -0.2) is 15.2 Å². The lowest BCUT2D eigenvalue weighted by molar-refractivity contribution is -0.151. The Kier molecular flexibility index (Phi) is 6.64. The molecule has 1 aliphatic heterocycles. The van der Waals surface area contributed by atoms with E-state index in [-0.39, 0.29) is 30.1 Å². The van der Waals surface area contributed by atoms with Gasteiger partial charge in [-0.15, -0.1) is 0 Å². The smallest absolute Gasteiger partial charge is 0.424 e. The van der Waals surface area contributed by atoms with Crippen molar-refractivity contribution in [3.8, 4) is 0 Å². The van der Waals surface area contributed by atoms with E-state index in [1.165, 1.54) is 7.11 Å². The van der Waals surface area contributed by atoms with Crippen LogP contribution in [0.5, 0.6) is 0 Å². The molecule has 0 spiro atoms. The lowest BCUT2D eigenvalue weighted by Gasteiger charge is -2.34. The number of ether oxygens (including phenoxy) is 2. The summed E-state index contributed by atoms with van der Waals surface area (Å²) in [5, 5.41) is 1.59. The van der Waals surface area contributed by atoms with Crippen LogP contribution in [0.15, 0.2) is 30.3 Å². The molecule has 1 aliphatic rings. The van der Waals surface area contributed by atoms with Gasteiger partial charge < -0.3 is 9.47 Å². The number of nitrogens with zero attached hydrogens (tertiary/aromatic N) is 1. The topological polar surface area (TPSA) is 67.9 Å². The quantitative estimate of drug-likeness (QED) is 0.720. The summed E-state index contributed by atoms with van der Waals surface area (Å²) < 4.78 is 10.2. The van der Waals surface area contributed by atoms with Gasteiger partial charge in [-0.3, -0.25) is 4.79 Å². The molecule has 0 saturated carbocycles. The van der Waals surface area contributed by atoms with Crippen LogP contribution in [0.3, 0.4) is 0 Å². The molecule has 0 bridgehead atoms. The van der Waals surface area contributed by atoms with Gasteiger partial charge in [-0.2, -0.15) is 0 Å². The summed E-state index contributed by atoms with van der Waals surface area (Å²) in [5.41, 5.74) is 3.83. The van der Waals surface area contributed by atoms with Crippen LogP contribution in [0.25, 0.3) is 0 Å². The molecule has 2 rings (SSSR count). The number of hydrazine groups is 1. The van der Waals surface area contributed by atoms with E-state index in [1.807, 2.05) is 44.2 Å². The summed E-state index contributed by atoms with van der Waals surface area (Å²) in [6.45, 7) is 8.21. The number of amides is 1. The van der Waals surface area contributed by atoms with Crippen molar-refractivity contribution in [2.75, 3.05) is 13.7 Å². The van der Waals surface area contributed by atoms with Crippen LogP contribution in [0.2, 0.25) is 0 Å². The van der Waals surface area contributed by atoms with Gasteiger partial charge in [-0.05, 0) is 38.2 Å². The molecule has 2 atom stereocenters. The van der Waals surface area contributed by atoms with E-state index in [0.717, 1.165) is 5.56 Å². The predicted octanol–water partition coefficient (Wildman–Crippen LogP) is 3.17. The van der Waals surface area contributed by atoms with Crippen LogP contribution < -0.4 is 5.43 Å². The highest BCUT2D eigenvalue weighted by atomic mass is 16.6. The molecule has 0 radical (unpaired) electrons. The maximum atomic E-state index is 12.2. The molecule has 0 aliphatic carbocycles. The number of nitrogens with one attached hydrogen (secondary N) is 1. The van der Waals surface area contributed by atoms with Gasteiger partial charge in [0.15, 0.2) is 0 Å². The fourth-order valence-corrected chi connectivity index (χ4v) is 3.17. The van der Waals surface area contributed by atoms with Gasteiger partial charge >= 0.3 is 12.1 Å². The minimum absolute atomic E-state index is 0.0620. The molecule has 1 N–H and O–H groups in total. The number of carbonyl (C=O) groups excluding carboxylic acids is 2. The number of cyclic esters (lactones) is 1. The fraction of sp³-hybridized carbons (Fsp3) is 0.600. The zero-order valence-electron chi connectivity index (χ0n) is 16.3. The molecule has 1 aromatic rings. The van der Waals surface area contributed by atoms with Crippen LogP contribution in [-0.4, -0.2) is 42.9 Å². The molecular weight excluding hydrogens is 332 g/mol. The summed E-state index contributed by atoms with van der Waals surface area (Å²) >= 11 is 0. The first-order valence-electron chi connectivity index (χ1n) is 9.09. The van der Waals surface area contributed by atoms with E-state index in [0.29, 0.717) is 19.4 Å². The van der Waals surface area contributed by atoms with Crippen LogP contribution >= 0.6 is 0 Å². The molecule has 0 aromatic heterocycles. The Balaban J connectivity index is 2.09. The number of carbonyl (C=O) groups is 2. The maximum absolute atomic E-state index is 12.2. The summed E-state index contributed by atoms with van der Waals surface area (Å²) in [4.78, 5) is 24.3. The molecule has 1 amide bonds. The van der Waals surface area contributed by atoms with Crippen LogP contribution in [0.1, 0.15) is 39.7 Å². The number of hydrogen-bond donors (Lipinski definition) is 1. The van der Waals surface area contributed by atoms with Crippen molar-refractivity contribution in [1.82, 2.24) is 10.4 Å². The second kappa shape index (κ2) is 8.54. The Labute approximate surface area is 155 Å². The Bertz CT molecular complexity index is 615. The highest BCUT2D eigenvalue weighted by Gasteiger charge is 2.38. The highest BCUT2D eigenvalue weighted by molar-refractivity contribution is 5.75. The summed E-state index contributed by atoms with van der Waals surface area (Å²) in [6, 6.07) is 9.89. The van der Waals surface area contributed by atoms with Crippen molar-refractivity contribution in [2.45, 2.75) is 52.6 Å². The fourth-order valence-electron chi connectivity index (χ4n) is 3.17. The number of esters is 1. The predicted molar refractivity (Wildman–Crippen MR) is 99.3 cm³/mol. The molecule has 144 valence electrons. The van der Waals surface area contributed by atoms with Gasteiger partial charge in [0, 0.05) is 6.04 Å². The maximum Gasteiger partial charge on any atom is 0.424 e. The Hall–Kier alpha value is -2.08. The van der Waals surface area contributed by atoms with Crippen molar-refractivity contribution in [3.63, 3.8) is 0 Å². The molecule has 0 unspecified atom stereocenters. The molecule has 6 nitrogen and oxygen atoms in total. The van der Waals surface area contributed by atoms with Crippen LogP contribution in [0.4, 0.5) is 4.79 Å². The number of rotatable bonds is 8. The van der Waals surface area contributed by atoms with Crippen molar-refractivity contribution in [3.05, 3.63) is 35.9 Å². The summed E-state index contributed by atoms with van der Waals surface area (Å²) in [5.74, 6) is -0.0282. The molecule has 26 heavy (non-hydrogen) atoms. The van der Waals surface area contributed by atoms with Crippen molar-refractivity contribution in [1.29, 1.82) is 0 Å². The lowest BCUT2D eigenvalue weighted by atomic mass is 9.82. The van der Waals surface area contributed by atoms with E-state index in [4.69, 9.17) is 9.47 Å². The van der Waals surface area contributed by atoms with Crippen molar-refractivity contribution < 1.29 is 19.1 Å². The average Bonchev–Trinajstić information content (AvgIpc) is 2.94. The second-order valence-corrected chi connectivity index (χ2v) is 7.85. The van der Waals surface area contributed by atoms with Crippen molar-refractivity contribution >= 4 is 12.1 Å². The van der Waals surface area contributed by atoms with Gasteiger partial charge in [0.2, 0.25) is 0 Å². The van der Waals surface area contributed by atoms with E-state index in [1.54, 1.807) is 5.01 Å². The van der Waals surface area contributed by atoms with Gasteiger partial charge in [0.05, 0.1) is 18.6 Å². The van der Waals surface area contributed by atoms with Crippen LogP contribution in [-0.2, 0) is 20.7 Å². The number of methoxy groups -OCH3 is 1. The summed E-state index contributed by atoms with van der Waals surface area (Å²) in [7, 11) is 1.40. The second-order valence-electron chi connectivity index (χ2n) is 7.85. The molecule has 1 fully saturated rings. The zero-order chi connectivity index (χ0) is 19.3. The third-order valence-corrected chi connectivity index (χ3v) is 4.85. The lowest BCUT2D eigenvalue weighted by Crippen LogP contribution is -2.53. The minimum atomic E-state index is -0.644. The number of hydrogen-bond acceptors (Lipinski definition) is 5. The number of benzene rings is 1. The normalized spacial score (nSPS) is 18.8. The minimum Gasteiger partial charge on any atom is -0.469 e. The van der Waals surface area contributed by atoms with Crippen molar-refractivity contribution in [2.24, 2.45) is 11.3 Å². The van der Waals surface area contributed by atoms with Gasteiger partial charge in [0.1, 0.15) is 6.61 Å². The third kappa shape index (κ3) is 4.97. The standard InChI is InChI=1S/C20H30N2O4/c1-14(2)17(12-20(3,4)18(23)25-5)21-22-16(13-26-19(22)24)11-15-9-7-6-8-10-15/h6-10,14,16-17,21H,11-13H2,1-5H3/t16-,17+/m0/s1. The molecular formula is C20H30N2O4.